The Morgan fingerprint density at radius 2 is 2.14 bits per heavy atom. The van der Waals surface area contributed by atoms with Crippen molar-refractivity contribution in [1.29, 1.82) is 0 Å². The topological polar surface area (TPSA) is 48.1 Å². The van der Waals surface area contributed by atoms with Crippen LogP contribution in [0, 0.1) is 5.92 Å². The first-order chi connectivity index (χ1) is 6.84. The van der Waals surface area contributed by atoms with Crippen LogP contribution in [0.3, 0.4) is 0 Å². The number of hydrogen-bond donors (Lipinski definition) is 1. The number of aromatic nitrogens is 1. The second kappa shape index (κ2) is 4.42. The Bertz CT molecular complexity index is 278. The van der Waals surface area contributed by atoms with Gasteiger partial charge in [0.2, 0.25) is 0 Å². The fourth-order valence-corrected chi connectivity index (χ4v) is 1.80. The highest BCUT2D eigenvalue weighted by atomic mass is 16.5. The number of rotatable bonds is 2. The number of pyridine rings is 1. The maximum Gasteiger partial charge on any atom is 0.0501 e. The Morgan fingerprint density at radius 1 is 1.36 bits per heavy atom. The lowest BCUT2D eigenvalue weighted by Gasteiger charge is -2.21. The number of nitrogen functional groups attached to an aromatic ring is 1. The van der Waals surface area contributed by atoms with Gasteiger partial charge in [-0.2, -0.15) is 0 Å². The zero-order valence-electron chi connectivity index (χ0n) is 8.28. The van der Waals surface area contributed by atoms with Crippen LogP contribution in [0.2, 0.25) is 0 Å². The molecule has 1 aromatic rings. The molecule has 1 aromatic heterocycles. The van der Waals surface area contributed by atoms with Gasteiger partial charge < -0.3 is 10.5 Å². The first-order valence-corrected chi connectivity index (χ1v) is 5.13. The van der Waals surface area contributed by atoms with Crippen molar-refractivity contribution in [2.75, 3.05) is 18.9 Å². The molecule has 1 fully saturated rings. The summed E-state index contributed by atoms with van der Waals surface area (Å²) in [5.74, 6) is 0.736. The van der Waals surface area contributed by atoms with Gasteiger partial charge in [-0.05, 0) is 37.3 Å². The molecular formula is C11H16N2O. The molecule has 0 radical (unpaired) electrons. The maximum atomic E-state index is 5.58. The highest BCUT2D eigenvalue weighted by Gasteiger charge is 2.14. The van der Waals surface area contributed by atoms with Crippen LogP contribution in [0.5, 0.6) is 0 Å². The zero-order chi connectivity index (χ0) is 9.80. The monoisotopic (exact) mass is 192 g/mol. The molecule has 0 aliphatic carbocycles. The molecule has 2 heterocycles. The van der Waals surface area contributed by atoms with E-state index in [9.17, 15) is 0 Å². The predicted octanol–water partition coefficient (Wildman–Crippen LogP) is 1.63. The van der Waals surface area contributed by atoms with Crippen molar-refractivity contribution < 1.29 is 4.74 Å². The number of anilines is 1. The van der Waals surface area contributed by atoms with Crippen LogP contribution < -0.4 is 5.73 Å². The van der Waals surface area contributed by atoms with Gasteiger partial charge in [-0.3, -0.25) is 4.98 Å². The van der Waals surface area contributed by atoms with E-state index in [4.69, 9.17) is 10.5 Å². The van der Waals surface area contributed by atoms with E-state index < -0.39 is 0 Å². The van der Waals surface area contributed by atoms with Crippen LogP contribution in [0.4, 0.5) is 5.69 Å². The van der Waals surface area contributed by atoms with Gasteiger partial charge in [-0.15, -0.1) is 0 Å². The summed E-state index contributed by atoms with van der Waals surface area (Å²) < 4.78 is 5.32. The summed E-state index contributed by atoms with van der Waals surface area (Å²) in [6, 6.07) is 3.94. The molecule has 2 N–H and O–H groups in total. The summed E-state index contributed by atoms with van der Waals surface area (Å²) in [5, 5.41) is 0. The molecule has 3 heteroatoms. The van der Waals surface area contributed by atoms with Crippen LogP contribution in [0.15, 0.2) is 18.3 Å². The van der Waals surface area contributed by atoms with Gasteiger partial charge in [-0.25, -0.2) is 0 Å². The first kappa shape index (κ1) is 9.46. The number of nitrogens with zero attached hydrogens (tertiary/aromatic N) is 1. The Morgan fingerprint density at radius 3 is 2.79 bits per heavy atom. The van der Waals surface area contributed by atoms with Crippen LogP contribution in [0.1, 0.15) is 18.5 Å². The molecule has 0 unspecified atom stereocenters. The van der Waals surface area contributed by atoms with Gasteiger partial charge in [0.25, 0.3) is 0 Å². The van der Waals surface area contributed by atoms with E-state index in [0.29, 0.717) is 0 Å². The Hall–Kier alpha value is -1.09. The van der Waals surface area contributed by atoms with Crippen LogP contribution in [-0.4, -0.2) is 18.2 Å². The quantitative estimate of drug-likeness (QED) is 0.774. The third-order valence-corrected chi connectivity index (χ3v) is 2.69. The van der Waals surface area contributed by atoms with Gasteiger partial charge in [0, 0.05) is 18.9 Å². The zero-order valence-corrected chi connectivity index (χ0v) is 8.28. The van der Waals surface area contributed by atoms with Gasteiger partial charge in [-0.1, -0.05) is 0 Å². The van der Waals surface area contributed by atoms with Crippen LogP contribution in [0.25, 0.3) is 0 Å². The van der Waals surface area contributed by atoms with E-state index >= 15 is 0 Å². The molecular weight excluding hydrogens is 176 g/mol. The third kappa shape index (κ3) is 2.45. The molecule has 0 spiro atoms. The lowest BCUT2D eigenvalue weighted by atomic mass is 9.95. The molecule has 1 saturated heterocycles. The molecule has 0 aromatic carbocycles. The van der Waals surface area contributed by atoms with Gasteiger partial charge in [0.1, 0.15) is 0 Å². The highest BCUT2D eigenvalue weighted by Crippen LogP contribution is 2.19. The van der Waals surface area contributed by atoms with Gasteiger partial charge in [0.15, 0.2) is 0 Å². The molecule has 1 aliphatic rings. The van der Waals surface area contributed by atoms with E-state index in [1.807, 2.05) is 12.1 Å². The SMILES string of the molecule is Nc1ccc(CC2CCOCC2)nc1. The minimum Gasteiger partial charge on any atom is -0.397 e. The third-order valence-electron chi connectivity index (χ3n) is 2.69. The Balaban J connectivity index is 1.92. The first-order valence-electron chi connectivity index (χ1n) is 5.13. The van der Waals surface area contributed by atoms with Crippen LogP contribution in [-0.2, 0) is 11.2 Å². The van der Waals surface area contributed by atoms with E-state index in [1.165, 1.54) is 0 Å². The molecule has 1 aliphatic heterocycles. The van der Waals surface area contributed by atoms with E-state index in [2.05, 4.69) is 4.98 Å². The largest absolute Gasteiger partial charge is 0.397 e. The highest BCUT2D eigenvalue weighted by molar-refractivity contribution is 5.34. The fourth-order valence-electron chi connectivity index (χ4n) is 1.80. The summed E-state index contributed by atoms with van der Waals surface area (Å²) >= 11 is 0. The Kier molecular flexibility index (Phi) is 2.99. The Labute approximate surface area is 84.3 Å². The van der Waals surface area contributed by atoms with Gasteiger partial charge >= 0.3 is 0 Å². The van der Waals surface area contributed by atoms with Gasteiger partial charge in [0.05, 0.1) is 11.9 Å². The van der Waals surface area contributed by atoms with E-state index in [-0.39, 0.29) is 0 Å². The number of ether oxygens (including phenoxy) is 1. The standard InChI is InChI=1S/C11H16N2O/c12-10-1-2-11(13-8-10)7-9-3-5-14-6-4-9/h1-2,8-9H,3-7,12H2. The summed E-state index contributed by atoms with van der Waals surface area (Å²) in [7, 11) is 0. The fraction of sp³-hybridized carbons (Fsp3) is 0.545. The van der Waals surface area contributed by atoms with E-state index in [1.54, 1.807) is 6.20 Å². The molecule has 76 valence electrons. The molecule has 2 rings (SSSR count). The van der Waals surface area contributed by atoms with Crippen molar-refractivity contribution >= 4 is 5.69 Å². The second-order valence-corrected chi connectivity index (χ2v) is 3.84. The smallest absolute Gasteiger partial charge is 0.0501 e. The second-order valence-electron chi connectivity index (χ2n) is 3.84. The molecule has 0 saturated carbocycles. The maximum absolute atomic E-state index is 5.58. The molecule has 0 amide bonds. The lowest BCUT2D eigenvalue weighted by molar-refractivity contribution is 0.0663. The van der Waals surface area contributed by atoms with Crippen molar-refractivity contribution in [1.82, 2.24) is 4.98 Å². The van der Waals surface area contributed by atoms with Crippen molar-refractivity contribution in [3.63, 3.8) is 0 Å². The average Bonchev–Trinajstić information content (AvgIpc) is 2.23. The summed E-state index contributed by atoms with van der Waals surface area (Å²) in [6.45, 7) is 1.80. The minimum atomic E-state index is 0.736. The van der Waals surface area contributed by atoms with Crippen LogP contribution >= 0.6 is 0 Å². The average molecular weight is 192 g/mol. The van der Waals surface area contributed by atoms with Crippen molar-refractivity contribution in [2.24, 2.45) is 5.92 Å². The number of hydrogen-bond acceptors (Lipinski definition) is 3. The normalized spacial score (nSPS) is 18.3. The summed E-state index contributed by atoms with van der Waals surface area (Å²) in [6.07, 6.45) is 5.11. The minimum absolute atomic E-state index is 0.736. The lowest BCUT2D eigenvalue weighted by Crippen LogP contribution is -2.17. The molecule has 0 bridgehead atoms. The van der Waals surface area contributed by atoms with Crippen molar-refractivity contribution in [3.05, 3.63) is 24.0 Å². The molecule has 3 nitrogen and oxygen atoms in total. The number of nitrogens with two attached hydrogens (primary N) is 1. The molecule has 14 heavy (non-hydrogen) atoms. The van der Waals surface area contributed by atoms with E-state index in [0.717, 1.165) is 49.8 Å². The summed E-state index contributed by atoms with van der Waals surface area (Å²) in [4.78, 5) is 4.31. The van der Waals surface area contributed by atoms with Crippen molar-refractivity contribution in [3.8, 4) is 0 Å². The summed E-state index contributed by atoms with van der Waals surface area (Å²) in [5.41, 5.74) is 7.46. The molecule has 0 atom stereocenters. The van der Waals surface area contributed by atoms with Crippen molar-refractivity contribution in [2.45, 2.75) is 19.3 Å². The predicted molar refractivity (Wildman–Crippen MR) is 55.9 cm³/mol.